The van der Waals surface area contributed by atoms with Gasteiger partial charge in [-0.2, -0.15) is 0 Å². The van der Waals surface area contributed by atoms with Gasteiger partial charge >= 0.3 is 11.9 Å². The number of nitrogens with two attached hydrogens (primary N) is 1. The average molecular weight is 281 g/mol. The zero-order valence-electron chi connectivity index (χ0n) is 11.3. The molecule has 1 saturated carbocycles. The summed E-state index contributed by atoms with van der Waals surface area (Å²) in [5.41, 5.74) is 3.97. The summed E-state index contributed by atoms with van der Waals surface area (Å²) in [6.07, 6.45) is 4.67. The standard InChI is InChI=1S/C14H19NO5/c1-2-3-4-5-6-19-11(16)9-7-14(13(15)18)8-10(9)12(17)20-14/h2,9-10H,1,3-8H2,(H2,15,18). The number of unbranched alkanes of at least 4 members (excludes halogenated alkanes) is 2. The topological polar surface area (TPSA) is 95.7 Å². The highest BCUT2D eigenvalue weighted by Gasteiger charge is 2.63. The minimum Gasteiger partial charge on any atom is -0.465 e. The number of hydrogen-bond acceptors (Lipinski definition) is 5. The molecule has 1 heterocycles. The monoisotopic (exact) mass is 281 g/mol. The predicted molar refractivity (Wildman–Crippen MR) is 69.2 cm³/mol. The lowest BCUT2D eigenvalue weighted by Gasteiger charge is -2.26. The number of amides is 1. The molecule has 2 N–H and O–H groups in total. The number of rotatable bonds is 7. The zero-order valence-corrected chi connectivity index (χ0v) is 11.3. The second-order valence-corrected chi connectivity index (χ2v) is 5.35. The lowest BCUT2D eigenvalue weighted by molar-refractivity contribution is -0.171. The van der Waals surface area contributed by atoms with E-state index in [-0.39, 0.29) is 12.8 Å². The lowest BCUT2D eigenvalue weighted by Crippen LogP contribution is -2.45. The quantitative estimate of drug-likeness (QED) is 0.421. The van der Waals surface area contributed by atoms with E-state index in [9.17, 15) is 14.4 Å². The highest BCUT2D eigenvalue weighted by atomic mass is 16.6. The van der Waals surface area contributed by atoms with Gasteiger partial charge in [-0.15, -0.1) is 6.58 Å². The van der Waals surface area contributed by atoms with E-state index >= 15 is 0 Å². The molecule has 0 spiro atoms. The molecule has 0 radical (unpaired) electrons. The van der Waals surface area contributed by atoms with Gasteiger partial charge in [-0.25, -0.2) is 0 Å². The first-order valence-corrected chi connectivity index (χ1v) is 6.80. The van der Waals surface area contributed by atoms with E-state index in [0.717, 1.165) is 19.3 Å². The summed E-state index contributed by atoms with van der Waals surface area (Å²) in [6.45, 7) is 3.93. The number of primary amides is 1. The first kappa shape index (κ1) is 14.6. The van der Waals surface area contributed by atoms with Crippen LogP contribution in [0.2, 0.25) is 0 Å². The molecule has 2 aliphatic rings. The fourth-order valence-electron chi connectivity index (χ4n) is 2.85. The van der Waals surface area contributed by atoms with Crippen LogP contribution in [0.25, 0.3) is 0 Å². The Bertz CT molecular complexity index is 447. The highest BCUT2D eigenvalue weighted by molar-refractivity contribution is 5.95. The minimum absolute atomic E-state index is 0.143. The number of carbonyl (C=O) groups is 3. The molecule has 0 aromatic carbocycles. The molecule has 1 aliphatic heterocycles. The molecule has 6 nitrogen and oxygen atoms in total. The summed E-state index contributed by atoms with van der Waals surface area (Å²) in [7, 11) is 0. The van der Waals surface area contributed by atoms with E-state index in [0.29, 0.717) is 6.61 Å². The number of ether oxygens (including phenoxy) is 2. The summed E-state index contributed by atoms with van der Waals surface area (Å²) in [4.78, 5) is 35.0. The van der Waals surface area contributed by atoms with Crippen molar-refractivity contribution in [2.24, 2.45) is 17.6 Å². The van der Waals surface area contributed by atoms with Crippen molar-refractivity contribution < 1.29 is 23.9 Å². The normalized spacial score (nSPS) is 30.9. The van der Waals surface area contributed by atoms with Crippen LogP contribution in [-0.2, 0) is 23.9 Å². The van der Waals surface area contributed by atoms with E-state index in [2.05, 4.69) is 6.58 Å². The molecule has 1 saturated heterocycles. The molecule has 110 valence electrons. The molecular weight excluding hydrogens is 262 g/mol. The van der Waals surface area contributed by atoms with Gasteiger partial charge in [-0.05, 0) is 19.3 Å². The third kappa shape index (κ3) is 2.55. The fourth-order valence-corrected chi connectivity index (χ4v) is 2.85. The summed E-state index contributed by atoms with van der Waals surface area (Å²) in [5, 5.41) is 0. The highest BCUT2D eigenvalue weighted by Crippen LogP contribution is 2.49. The number of esters is 2. The van der Waals surface area contributed by atoms with Crippen LogP contribution in [0.1, 0.15) is 32.1 Å². The van der Waals surface area contributed by atoms with Gasteiger partial charge in [0, 0.05) is 12.8 Å². The third-order valence-electron chi connectivity index (χ3n) is 3.98. The van der Waals surface area contributed by atoms with Crippen molar-refractivity contribution in [1.29, 1.82) is 0 Å². The Balaban J connectivity index is 1.87. The maximum atomic E-state index is 12.0. The third-order valence-corrected chi connectivity index (χ3v) is 3.98. The molecular formula is C14H19NO5. The molecule has 1 aliphatic carbocycles. The largest absolute Gasteiger partial charge is 0.465 e. The number of carbonyl (C=O) groups excluding carboxylic acids is 3. The molecule has 2 rings (SSSR count). The van der Waals surface area contributed by atoms with Crippen LogP contribution in [-0.4, -0.2) is 30.1 Å². The van der Waals surface area contributed by atoms with Crippen LogP contribution < -0.4 is 5.73 Å². The van der Waals surface area contributed by atoms with Crippen molar-refractivity contribution in [2.75, 3.05) is 6.61 Å². The van der Waals surface area contributed by atoms with Crippen molar-refractivity contribution in [1.82, 2.24) is 0 Å². The summed E-state index contributed by atoms with van der Waals surface area (Å²) in [6, 6.07) is 0. The van der Waals surface area contributed by atoms with Crippen LogP contribution in [0.15, 0.2) is 12.7 Å². The second-order valence-electron chi connectivity index (χ2n) is 5.35. The SMILES string of the molecule is C=CCCCCOC(=O)C1CC2(C(N)=O)CC1C(=O)O2. The number of fused-ring (bicyclic) bond motifs is 2. The maximum Gasteiger partial charge on any atom is 0.311 e. The molecule has 2 bridgehead atoms. The van der Waals surface area contributed by atoms with Gasteiger partial charge < -0.3 is 15.2 Å². The molecule has 2 fully saturated rings. The molecule has 3 atom stereocenters. The van der Waals surface area contributed by atoms with Gasteiger partial charge in [-0.3, -0.25) is 14.4 Å². The van der Waals surface area contributed by atoms with E-state index < -0.39 is 35.3 Å². The van der Waals surface area contributed by atoms with Crippen molar-refractivity contribution in [3.8, 4) is 0 Å². The first-order chi connectivity index (χ1) is 9.50. The molecule has 1 amide bonds. The van der Waals surface area contributed by atoms with Gasteiger partial charge in [0.15, 0.2) is 5.60 Å². The Morgan fingerprint density at radius 2 is 2.20 bits per heavy atom. The summed E-state index contributed by atoms with van der Waals surface area (Å²) < 4.78 is 10.2. The van der Waals surface area contributed by atoms with E-state index in [1.54, 1.807) is 0 Å². The Kier molecular flexibility index (Phi) is 4.11. The molecule has 6 heteroatoms. The van der Waals surface area contributed by atoms with Gasteiger partial charge in [0.25, 0.3) is 5.91 Å². The Morgan fingerprint density at radius 3 is 2.80 bits per heavy atom. The lowest BCUT2D eigenvalue weighted by atomic mass is 9.95. The van der Waals surface area contributed by atoms with Crippen molar-refractivity contribution >= 4 is 17.8 Å². The average Bonchev–Trinajstić information content (AvgIpc) is 2.94. The Hall–Kier alpha value is -1.85. The van der Waals surface area contributed by atoms with Crippen LogP contribution in [0, 0.1) is 11.8 Å². The van der Waals surface area contributed by atoms with E-state index in [4.69, 9.17) is 15.2 Å². The molecule has 20 heavy (non-hydrogen) atoms. The van der Waals surface area contributed by atoms with Crippen LogP contribution in [0.3, 0.4) is 0 Å². The molecule has 0 aromatic rings. The Morgan fingerprint density at radius 1 is 1.45 bits per heavy atom. The predicted octanol–water partition coefficient (Wildman–Crippen LogP) is 0.693. The van der Waals surface area contributed by atoms with E-state index in [1.807, 2.05) is 6.08 Å². The van der Waals surface area contributed by atoms with Crippen molar-refractivity contribution in [3.05, 3.63) is 12.7 Å². The van der Waals surface area contributed by atoms with Crippen LogP contribution in [0.4, 0.5) is 0 Å². The molecule has 0 aromatic heterocycles. The van der Waals surface area contributed by atoms with Crippen LogP contribution >= 0.6 is 0 Å². The number of hydrogen-bond donors (Lipinski definition) is 1. The smallest absolute Gasteiger partial charge is 0.311 e. The molecule has 3 unspecified atom stereocenters. The van der Waals surface area contributed by atoms with E-state index in [1.165, 1.54) is 0 Å². The van der Waals surface area contributed by atoms with Gasteiger partial charge in [-0.1, -0.05) is 6.08 Å². The summed E-state index contributed by atoms with van der Waals surface area (Å²) in [5.74, 6) is -2.85. The Labute approximate surface area is 117 Å². The van der Waals surface area contributed by atoms with Gasteiger partial charge in [0.1, 0.15) is 0 Å². The van der Waals surface area contributed by atoms with Crippen molar-refractivity contribution in [3.63, 3.8) is 0 Å². The second kappa shape index (κ2) is 5.64. The van der Waals surface area contributed by atoms with Crippen molar-refractivity contribution in [2.45, 2.75) is 37.7 Å². The fraction of sp³-hybridized carbons (Fsp3) is 0.643. The number of allylic oxidation sites excluding steroid dienone is 1. The maximum absolute atomic E-state index is 12.0. The first-order valence-electron chi connectivity index (χ1n) is 6.80. The van der Waals surface area contributed by atoms with Gasteiger partial charge in [0.2, 0.25) is 0 Å². The summed E-state index contributed by atoms with van der Waals surface area (Å²) >= 11 is 0. The zero-order chi connectivity index (χ0) is 14.8. The van der Waals surface area contributed by atoms with Gasteiger partial charge in [0.05, 0.1) is 18.4 Å². The van der Waals surface area contributed by atoms with Crippen LogP contribution in [0.5, 0.6) is 0 Å². The minimum atomic E-state index is -1.30.